The van der Waals surface area contributed by atoms with Crippen molar-refractivity contribution in [2.24, 2.45) is 0 Å². The van der Waals surface area contributed by atoms with Gasteiger partial charge in [-0.05, 0) is 45.2 Å². The Labute approximate surface area is 129 Å². The first-order valence-corrected chi connectivity index (χ1v) is 7.98. The van der Waals surface area contributed by atoms with E-state index in [1.54, 1.807) is 11.3 Å². The number of rotatable bonds is 6. The van der Waals surface area contributed by atoms with E-state index in [2.05, 4.69) is 10.6 Å². The maximum atomic E-state index is 12.0. The minimum Gasteiger partial charge on any atom is -0.466 e. The summed E-state index contributed by atoms with van der Waals surface area (Å²) in [7, 11) is 0. The van der Waals surface area contributed by atoms with Crippen LogP contribution in [0.2, 0.25) is 0 Å². The molecule has 0 spiro atoms. The van der Waals surface area contributed by atoms with E-state index >= 15 is 0 Å². The van der Waals surface area contributed by atoms with Crippen LogP contribution >= 0.6 is 11.3 Å². The summed E-state index contributed by atoms with van der Waals surface area (Å²) in [5, 5.41) is 8.25. The van der Waals surface area contributed by atoms with Crippen molar-refractivity contribution in [2.75, 3.05) is 6.54 Å². The molecule has 0 radical (unpaired) electrons. The van der Waals surface area contributed by atoms with Crippen molar-refractivity contribution >= 4 is 17.2 Å². The predicted octanol–water partition coefficient (Wildman–Crippen LogP) is 3.49. The van der Waals surface area contributed by atoms with Crippen molar-refractivity contribution in [1.82, 2.24) is 10.6 Å². The van der Waals surface area contributed by atoms with Gasteiger partial charge in [0.25, 0.3) is 0 Å². The smallest absolute Gasteiger partial charge is 0.234 e. The molecule has 114 valence electrons. The summed E-state index contributed by atoms with van der Waals surface area (Å²) in [6.07, 6.45) is 0. The number of amides is 1. The second-order valence-corrected chi connectivity index (χ2v) is 6.26. The topological polar surface area (TPSA) is 54.3 Å². The summed E-state index contributed by atoms with van der Waals surface area (Å²) in [6.45, 7) is 8.20. The molecule has 0 fully saturated rings. The minimum absolute atomic E-state index is 0.000574. The molecule has 0 unspecified atom stereocenters. The van der Waals surface area contributed by atoms with E-state index in [1.807, 2.05) is 51.3 Å². The highest BCUT2D eigenvalue weighted by Crippen LogP contribution is 2.21. The molecule has 0 aliphatic rings. The Hall–Kier alpha value is -1.59. The Balaban J connectivity index is 1.82. The van der Waals surface area contributed by atoms with Crippen LogP contribution in [0.1, 0.15) is 47.9 Å². The monoisotopic (exact) mass is 306 g/mol. The van der Waals surface area contributed by atoms with Gasteiger partial charge in [0, 0.05) is 16.5 Å². The van der Waals surface area contributed by atoms with Crippen molar-refractivity contribution in [3.05, 3.63) is 45.5 Å². The fourth-order valence-corrected chi connectivity index (χ4v) is 3.07. The van der Waals surface area contributed by atoms with E-state index in [-0.39, 0.29) is 18.0 Å². The van der Waals surface area contributed by atoms with Crippen LogP contribution in [0.4, 0.5) is 0 Å². The summed E-state index contributed by atoms with van der Waals surface area (Å²) in [4.78, 5) is 13.1. The molecule has 0 aromatic carbocycles. The lowest BCUT2D eigenvalue weighted by Gasteiger charge is -2.15. The number of thiophene rings is 1. The van der Waals surface area contributed by atoms with Crippen LogP contribution in [-0.4, -0.2) is 12.5 Å². The van der Waals surface area contributed by atoms with E-state index in [9.17, 15) is 4.79 Å². The summed E-state index contributed by atoms with van der Waals surface area (Å²) in [5.74, 6) is 1.80. The van der Waals surface area contributed by atoms with Gasteiger partial charge in [0.1, 0.15) is 11.5 Å². The molecule has 2 rings (SSSR count). The molecule has 21 heavy (non-hydrogen) atoms. The van der Waals surface area contributed by atoms with E-state index < -0.39 is 0 Å². The van der Waals surface area contributed by atoms with Crippen LogP contribution in [-0.2, 0) is 4.79 Å². The van der Waals surface area contributed by atoms with Gasteiger partial charge >= 0.3 is 0 Å². The van der Waals surface area contributed by atoms with E-state index in [0.29, 0.717) is 6.54 Å². The second kappa shape index (κ2) is 6.91. The summed E-state index contributed by atoms with van der Waals surface area (Å²) < 4.78 is 5.52. The van der Waals surface area contributed by atoms with Gasteiger partial charge in [-0.3, -0.25) is 4.79 Å². The highest BCUT2D eigenvalue weighted by Gasteiger charge is 2.15. The highest BCUT2D eigenvalue weighted by atomic mass is 32.1. The zero-order valence-electron chi connectivity index (χ0n) is 12.9. The zero-order valence-corrected chi connectivity index (χ0v) is 13.7. The molecular formula is C16H22N2O2S. The van der Waals surface area contributed by atoms with Gasteiger partial charge in [-0.2, -0.15) is 0 Å². The van der Waals surface area contributed by atoms with Crippen LogP contribution < -0.4 is 10.6 Å². The molecule has 2 aromatic heterocycles. The maximum Gasteiger partial charge on any atom is 0.234 e. The van der Waals surface area contributed by atoms with Gasteiger partial charge in [0.2, 0.25) is 5.91 Å². The van der Waals surface area contributed by atoms with Crippen molar-refractivity contribution in [1.29, 1.82) is 0 Å². The molecule has 5 heteroatoms. The van der Waals surface area contributed by atoms with Crippen molar-refractivity contribution in [3.8, 4) is 0 Å². The second-order valence-electron chi connectivity index (χ2n) is 5.28. The molecule has 0 aliphatic heterocycles. The van der Waals surface area contributed by atoms with Crippen molar-refractivity contribution in [2.45, 2.75) is 39.8 Å². The van der Waals surface area contributed by atoms with Crippen LogP contribution in [0.25, 0.3) is 0 Å². The molecule has 2 atom stereocenters. The Bertz CT molecular complexity index is 589. The lowest BCUT2D eigenvalue weighted by atomic mass is 10.1. The van der Waals surface area contributed by atoms with Gasteiger partial charge in [-0.15, -0.1) is 11.3 Å². The zero-order chi connectivity index (χ0) is 15.4. The third-order valence-electron chi connectivity index (χ3n) is 3.46. The standard InChI is InChI=1S/C16H22N2O2S/c1-10-8-14(13(4)20-10)11(2)17-9-16(19)18-12(3)15-6-5-7-21-15/h5-8,11-12,17H,9H2,1-4H3,(H,18,19)/t11-,12-/m0/s1. The van der Waals surface area contributed by atoms with Gasteiger partial charge in [0.05, 0.1) is 12.6 Å². The lowest BCUT2D eigenvalue weighted by molar-refractivity contribution is -0.121. The van der Waals surface area contributed by atoms with E-state index in [1.165, 1.54) is 0 Å². The lowest BCUT2D eigenvalue weighted by Crippen LogP contribution is -2.36. The van der Waals surface area contributed by atoms with Crippen LogP contribution in [0.5, 0.6) is 0 Å². The fourth-order valence-electron chi connectivity index (χ4n) is 2.34. The van der Waals surface area contributed by atoms with Crippen molar-refractivity contribution < 1.29 is 9.21 Å². The first-order valence-electron chi connectivity index (χ1n) is 7.10. The number of carbonyl (C=O) groups excluding carboxylic acids is 1. The molecule has 1 amide bonds. The highest BCUT2D eigenvalue weighted by molar-refractivity contribution is 7.10. The average Bonchev–Trinajstić information content (AvgIpc) is 3.05. The van der Waals surface area contributed by atoms with Crippen LogP contribution in [0, 0.1) is 13.8 Å². The molecule has 4 nitrogen and oxygen atoms in total. The Morgan fingerprint density at radius 3 is 2.67 bits per heavy atom. The van der Waals surface area contributed by atoms with Gasteiger partial charge < -0.3 is 15.1 Å². The van der Waals surface area contributed by atoms with Crippen LogP contribution in [0.15, 0.2) is 28.0 Å². The number of aryl methyl sites for hydroxylation is 2. The predicted molar refractivity (Wildman–Crippen MR) is 85.5 cm³/mol. The normalized spacial score (nSPS) is 13.9. The number of hydrogen-bond acceptors (Lipinski definition) is 4. The Morgan fingerprint density at radius 2 is 2.10 bits per heavy atom. The molecular weight excluding hydrogens is 284 g/mol. The Morgan fingerprint density at radius 1 is 1.33 bits per heavy atom. The first kappa shape index (κ1) is 15.8. The number of nitrogens with one attached hydrogen (secondary N) is 2. The molecule has 0 aliphatic carbocycles. The first-order chi connectivity index (χ1) is 9.97. The fraction of sp³-hybridized carbons (Fsp3) is 0.438. The van der Waals surface area contributed by atoms with Gasteiger partial charge in [-0.1, -0.05) is 6.07 Å². The Kier molecular flexibility index (Phi) is 5.20. The van der Waals surface area contributed by atoms with Crippen LogP contribution in [0.3, 0.4) is 0 Å². The third-order valence-corrected chi connectivity index (χ3v) is 4.52. The molecule has 0 bridgehead atoms. The minimum atomic E-state index is 0.000574. The van der Waals surface area contributed by atoms with Gasteiger partial charge in [-0.25, -0.2) is 0 Å². The molecule has 2 aromatic rings. The molecule has 2 heterocycles. The number of carbonyl (C=O) groups is 1. The quantitative estimate of drug-likeness (QED) is 0.859. The molecule has 2 N–H and O–H groups in total. The third kappa shape index (κ3) is 4.19. The number of hydrogen-bond donors (Lipinski definition) is 2. The maximum absolute atomic E-state index is 12.0. The molecule has 0 saturated heterocycles. The SMILES string of the molecule is Cc1cc([C@H](C)NCC(=O)N[C@@H](C)c2cccs2)c(C)o1. The summed E-state index contributed by atoms with van der Waals surface area (Å²) in [5.41, 5.74) is 1.10. The van der Waals surface area contributed by atoms with E-state index in [4.69, 9.17) is 4.42 Å². The summed E-state index contributed by atoms with van der Waals surface area (Å²) >= 11 is 1.65. The largest absolute Gasteiger partial charge is 0.466 e. The molecule has 0 saturated carbocycles. The van der Waals surface area contributed by atoms with Crippen molar-refractivity contribution in [3.63, 3.8) is 0 Å². The van der Waals surface area contributed by atoms with Gasteiger partial charge in [0.15, 0.2) is 0 Å². The van der Waals surface area contributed by atoms with E-state index in [0.717, 1.165) is 22.0 Å². The summed E-state index contributed by atoms with van der Waals surface area (Å²) in [6, 6.07) is 6.17. The average molecular weight is 306 g/mol. The number of furan rings is 1.